The quantitative estimate of drug-likeness (QED) is 0.882. The first-order valence-electron chi connectivity index (χ1n) is 6.48. The SMILES string of the molecule is CCCOc1ccccc1C(O)c1snnc1CC. The van der Waals surface area contributed by atoms with Crippen molar-refractivity contribution in [2.45, 2.75) is 32.8 Å². The molecule has 0 aliphatic rings. The molecule has 0 spiro atoms. The van der Waals surface area contributed by atoms with E-state index in [0.717, 1.165) is 34.7 Å². The maximum Gasteiger partial charge on any atom is 0.125 e. The van der Waals surface area contributed by atoms with Crippen LogP contribution in [-0.2, 0) is 6.42 Å². The molecule has 0 radical (unpaired) electrons. The van der Waals surface area contributed by atoms with E-state index in [4.69, 9.17) is 4.74 Å². The van der Waals surface area contributed by atoms with E-state index in [0.29, 0.717) is 6.61 Å². The molecule has 0 aliphatic heterocycles. The van der Waals surface area contributed by atoms with Gasteiger partial charge in [-0.2, -0.15) is 0 Å². The Morgan fingerprint density at radius 2 is 2.11 bits per heavy atom. The van der Waals surface area contributed by atoms with Crippen LogP contribution in [0.4, 0.5) is 0 Å². The minimum absolute atomic E-state index is 0.644. The van der Waals surface area contributed by atoms with Crippen LogP contribution >= 0.6 is 11.5 Å². The molecule has 0 saturated heterocycles. The van der Waals surface area contributed by atoms with Crippen molar-refractivity contribution in [1.29, 1.82) is 0 Å². The second-order valence-electron chi connectivity index (χ2n) is 4.23. The van der Waals surface area contributed by atoms with Gasteiger partial charge < -0.3 is 9.84 Å². The number of benzene rings is 1. The van der Waals surface area contributed by atoms with E-state index in [-0.39, 0.29) is 0 Å². The number of ether oxygens (including phenoxy) is 1. The zero-order valence-electron chi connectivity index (χ0n) is 11.2. The lowest BCUT2D eigenvalue weighted by Crippen LogP contribution is -2.05. The smallest absolute Gasteiger partial charge is 0.125 e. The zero-order valence-corrected chi connectivity index (χ0v) is 12.0. The van der Waals surface area contributed by atoms with E-state index in [1.807, 2.05) is 31.2 Å². The molecule has 1 unspecified atom stereocenters. The molecule has 1 aromatic heterocycles. The number of aryl methyl sites for hydroxylation is 1. The minimum atomic E-state index is -0.719. The van der Waals surface area contributed by atoms with Crippen molar-refractivity contribution < 1.29 is 9.84 Å². The Bertz CT molecular complexity index is 528. The van der Waals surface area contributed by atoms with Crippen molar-refractivity contribution in [3.8, 4) is 5.75 Å². The highest BCUT2D eigenvalue weighted by Gasteiger charge is 2.20. The zero-order chi connectivity index (χ0) is 13.7. The van der Waals surface area contributed by atoms with Crippen LogP contribution in [0.15, 0.2) is 24.3 Å². The van der Waals surface area contributed by atoms with Gasteiger partial charge >= 0.3 is 0 Å². The Morgan fingerprint density at radius 3 is 2.84 bits per heavy atom. The number of aliphatic hydroxyl groups excluding tert-OH is 1. The summed E-state index contributed by atoms with van der Waals surface area (Å²) in [6, 6.07) is 7.58. The van der Waals surface area contributed by atoms with Crippen LogP contribution < -0.4 is 4.74 Å². The van der Waals surface area contributed by atoms with Crippen molar-refractivity contribution >= 4 is 11.5 Å². The van der Waals surface area contributed by atoms with Gasteiger partial charge in [0.1, 0.15) is 11.9 Å². The van der Waals surface area contributed by atoms with Gasteiger partial charge in [0.15, 0.2) is 0 Å². The van der Waals surface area contributed by atoms with E-state index < -0.39 is 6.10 Å². The lowest BCUT2D eigenvalue weighted by Gasteiger charge is -2.15. The van der Waals surface area contributed by atoms with Crippen molar-refractivity contribution in [1.82, 2.24) is 9.59 Å². The van der Waals surface area contributed by atoms with Gasteiger partial charge in [0.05, 0.1) is 17.2 Å². The lowest BCUT2D eigenvalue weighted by atomic mass is 10.1. The Morgan fingerprint density at radius 1 is 1.32 bits per heavy atom. The number of hydrogen-bond donors (Lipinski definition) is 1. The second-order valence-corrected chi connectivity index (χ2v) is 5.01. The summed E-state index contributed by atoms with van der Waals surface area (Å²) in [6.45, 7) is 4.71. The number of nitrogens with zero attached hydrogens (tertiary/aromatic N) is 2. The molecule has 1 heterocycles. The number of rotatable bonds is 6. The van der Waals surface area contributed by atoms with E-state index >= 15 is 0 Å². The lowest BCUT2D eigenvalue weighted by molar-refractivity contribution is 0.213. The van der Waals surface area contributed by atoms with Gasteiger partial charge in [-0.05, 0) is 30.4 Å². The maximum absolute atomic E-state index is 10.5. The average Bonchev–Trinajstić information content (AvgIpc) is 2.93. The molecule has 5 heteroatoms. The van der Waals surface area contributed by atoms with Gasteiger partial charge in [0.25, 0.3) is 0 Å². The fourth-order valence-electron chi connectivity index (χ4n) is 1.86. The molecule has 0 bridgehead atoms. The minimum Gasteiger partial charge on any atom is -0.493 e. The number of hydrogen-bond acceptors (Lipinski definition) is 5. The monoisotopic (exact) mass is 278 g/mol. The molecule has 0 amide bonds. The topological polar surface area (TPSA) is 55.2 Å². The third kappa shape index (κ3) is 3.11. The number of para-hydroxylation sites is 1. The Hall–Kier alpha value is -1.46. The molecule has 1 aromatic carbocycles. The molecular weight excluding hydrogens is 260 g/mol. The Balaban J connectivity index is 2.30. The molecule has 102 valence electrons. The molecule has 0 fully saturated rings. The molecule has 1 N–H and O–H groups in total. The third-order valence-electron chi connectivity index (χ3n) is 2.84. The predicted octanol–water partition coefficient (Wildman–Crippen LogP) is 2.97. The normalized spacial score (nSPS) is 12.4. The summed E-state index contributed by atoms with van der Waals surface area (Å²) < 4.78 is 9.61. The number of aliphatic hydroxyl groups is 1. The highest BCUT2D eigenvalue weighted by Crippen LogP contribution is 2.33. The van der Waals surface area contributed by atoms with Crippen LogP contribution in [0, 0.1) is 0 Å². The van der Waals surface area contributed by atoms with Gasteiger partial charge in [0, 0.05) is 5.56 Å². The largest absolute Gasteiger partial charge is 0.493 e. The summed E-state index contributed by atoms with van der Waals surface area (Å²) in [7, 11) is 0. The summed E-state index contributed by atoms with van der Waals surface area (Å²) in [4.78, 5) is 0.801. The summed E-state index contributed by atoms with van der Waals surface area (Å²) in [5.41, 5.74) is 1.62. The molecule has 2 rings (SSSR count). The van der Waals surface area contributed by atoms with Crippen molar-refractivity contribution in [2.75, 3.05) is 6.61 Å². The summed E-state index contributed by atoms with van der Waals surface area (Å²) in [5.74, 6) is 0.729. The summed E-state index contributed by atoms with van der Waals surface area (Å²) in [5, 5.41) is 14.6. The Kier molecular flexibility index (Phi) is 4.87. The van der Waals surface area contributed by atoms with Crippen molar-refractivity contribution in [2.24, 2.45) is 0 Å². The average molecular weight is 278 g/mol. The van der Waals surface area contributed by atoms with Crippen LogP contribution in [-0.4, -0.2) is 21.3 Å². The standard InChI is InChI=1S/C14H18N2O2S/c1-3-9-18-12-8-6-5-7-10(12)13(17)14-11(4-2)15-16-19-14/h5-8,13,17H,3-4,9H2,1-2H3. The van der Waals surface area contributed by atoms with E-state index in [1.165, 1.54) is 11.5 Å². The van der Waals surface area contributed by atoms with Crippen LogP contribution in [0.1, 0.15) is 42.5 Å². The highest BCUT2D eigenvalue weighted by atomic mass is 32.1. The number of aromatic nitrogens is 2. The molecule has 0 saturated carbocycles. The summed E-state index contributed by atoms with van der Waals surface area (Å²) >= 11 is 1.24. The van der Waals surface area contributed by atoms with Crippen LogP contribution in [0.25, 0.3) is 0 Å². The molecule has 0 aliphatic carbocycles. The van der Waals surface area contributed by atoms with Gasteiger partial charge in [-0.1, -0.05) is 36.5 Å². The Labute approximate surface area is 117 Å². The fourth-order valence-corrected chi connectivity index (χ4v) is 2.60. The molecule has 2 aromatic rings. The first-order valence-corrected chi connectivity index (χ1v) is 7.26. The molecule has 4 nitrogen and oxygen atoms in total. The van der Waals surface area contributed by atoms with Gasteiger partial charge in [-0.15, -0.1) is 5.10 Å². The van der Waals surface area contributed by atoms with Crippen LogP contribution in [0.2, 0.25) is 0 Å². The van der Waals surface area contributed by atoms with Gasteiger partial charge in [-0.3, -0.25) is 0 Å². The predicted molar refractivity (Wildman–Crippen MR) is 75.6 cm³/mol. The van der Waals surface area contributed by atoms with E-state index in [9.17, 15) is 5.11 Å². The van der Waals surface area contributed by atoms with E-state index in [2.05, 4.69) is 16.5 Å². The highest BCUT2D eigenvalue weighted by molar-refractivity contribution is 7.05. The van der Waals surface area contributed by atoms with E-state index in [1.54, 1.807) is 0 Å². The van der Waals surface area contributed by atoms with Crippen LogP contribution in [0.3, 0.4) is 0 Å². The second kappa shape index (κ2) is 6.63. The first kappa shape index (κ1) is 14.0. The maximum atomic E-state index is 10.5. The van der Waals surface area contributed by atoms with Crippen LogP contribution in [0.5, 0.6) is 5.75 Å². The summed E-state index contributed by atoms with van der Waals surface area (Å²) in [6.07, 6.45) is 0.983. The van der Waals surface area contributed by atoms with Crippen molar-refractivity contribution in [3.63, 3.8) is 0 Å². The fraction of sp³-hybridized carbons (Fsp3) is 0.429. The third-order valence-corrected chi connectivity index (χ3v) is 3.66. The molecule has 1 atom stereocenters. The molecular formula is C14H18N2O2S. The van der Waals surface area contributed by atoms with Gasteiger partial charge in [0.2, 0.25) is 0 Å². The van der Waals surface area contributed by atoms with Gasteiger partial charge in [-0.25, -0.2) is 0 Å². The molecule has 19 heavy (non-hydrogen) atoms. The van der Waals surface area contributed by atoms with Crippen molar-refractivity contribution in [3.05, 3.63) is 40.4 Å². The first-order chi connectivity index (χ1) is 9.27.